The van der Waals surface area contributed by atoms with E-state index in [1.165, 1.54) is 12.1 Å². The smallest absolute Gasteiger partial charge is 0.338 e. The number of carbonyl (C=O) groups excluding carboxylic acids is 1. The molecule has 0 aliphatic carbocycles. The lowest BCUT2D eigenvalue weighted by molar-refractivity contribution is 0.0377. The zero-order valence-electron chi connectivity index (χ0n) is 12.5. The van der Waals surface area contributed by atoms with E-state index in [9.17, 15) is 9.18 Å². The Labute approximate surface area is 128 Å². The number of nitrogen functional groups attached to an aromatic ring is 1. The second kappa shape index (κ2) is 6.93. The van der Waals surface area contributed by atoms with Crippen molar-refractivity contribution in [1.29, 1.82) is 0 Å². The van der Waals surface area contributed by atoms with Gasteiger partial charge in [-0.2, -0.15) is 0 Å². The van der Waals surface area contributed by atoms with Gasteiger partial charge in [-0.25, -0.2) is 9.18 Å². The molecule has 5 heteroatoms. The molecule has 0 atom stereocenters. The van der Waals surface area contributed by atoms with Crippen LogP contribution in [0.4, 0.5) is 10.1 Å². The first kappa shape index (κ1) is 15.8. The molecule has 0 amide bonds. The van der Waals surface area contributed by atoms with Gasteiger partial charge in [-0.15, -0.1) is 0 Å². The first-order valence-corrected chi connectivity index (χ1v) is 6.94. The highest BCUT2D eigenvalue weighted by Gasteiger charge is 2.12. The van der Waals surface area contributed by atoms with E-state index in [-0.39, 0.29) is 18.5 Å². The Kier molecular flexibility index (Phi) is 4.99. The van der Waals surface area contributed by atoms with E-state index in [0.717, 1.165) is 0 Å². The van der Waals surface area contributed by atoms with Crippen molar-refractivity contribution in [2.24, 2.45) is 0 Å². The highest BCUT2D eigenvalue weighted by atomic mass is 19.1. The summed E-state index contributed by atoms with van der Waals surface area (Å²) in [5, 5.41) is 0. The zero-order valence-corrected chi connectivity index (χ0v) is 12.5. The molecule has 116 valence electrons. The van der Waals surface area contributed by atoms with Crippen molar-refractivity contribution in [2.45, 2.75) is 26.6 Å². The largest absolute Gasteiger partial charge is 0.487 e. The van der Waals surface area contributed by atoms with Crippen molar-refractivity contribution >= 4 is 11.7 Å². The van der Waals surface area contributed by atoms with Gasteiger partial charge >= 0.3 is 5.97 Å². The van der Waals surface area contributed by atoms with Crippen molar-refractivity contribution in [3.05, 3.63) is 59.4 Å². The van der Waals surface area contributed by atoms with E-state index < -0.39 is 5.97 Å². The van der Waals surface area contributed by atoms with Gasteiger partial charge in [0.15, 0.2) is 0 Å². The van der Waals surface area contributed by atoms with Crippen molar-refractivity contribution in [3.63, 3.8) is 0 Å². The van der Waals surface area contributed by atoms with Crippen LogP contribution in [0.15, 0.2) is 42.5 Å². The third-order valence-corrected chi connectivity index (χ3v) is 2.93. The molecule has 0 radical (unpaired) electrons. The summed E-state index contributed by atoms with van der Waals surface area (Å²) in [4.78, 5) is 11.9. The molecule has 0 saturated carbocycles. The van der Waals surface area contributed by atoms with Gasteiger partial charge in [0.2, 0.25) is 0 Å². The van der Waals surface area contributed by atoms with Crippen molar-refractivity contribution in [3.8, 4) is 5.75 Å². The Bertz CT molecular complexity index is 671. The first-order valence-electron chi connectivity index (χ1n) is 6.94. The van der Waals surface area contributed by atoms with Crippen LogP contribution in [0.25, 0.3) is 0 Å². The summed E-state index contributed by atoms with van der Waals surface area (Å²) in [5.41, 5.74) is 6.95. The Hall–Kier alpha value is -2.56. The van der Waals surface area contributed by atoms with Gasteiger partial charge in [-0.3, -0.25) is 0 Å². The van der Waals surface area contributed by atoms with Crippen LogP contribution < -0.4 is 10.5 Å². The fraction of sp³-hybridized carbons (Fsp3) is 0.235. The second-order valence-electron chi connectivity index (χ2n) is 5.09. The number of benzene rings is 2. The molecular formula is C17H18FNO3. The molecule has 2 aromatic carbocycles. The number of ether oxygens (including phenoxy) is 2. The molecule has 2 rings (SSSR count). The Morgan fingerprint density at radius 3 is 2.64 bits per heavy atom. The molecule has 0 spiro atoms. The summed E-state index contributed by atoms with van der Waals surface area (Å²) in [6, 6.07) is 10.9. The van der Waals surface area contributed by atoms with E-state index in [1.807, 2.05) is 0 Å². The van der Waals surface area contributed by atoms with Crippen LogP contribution in [-0.4, -0.2) is 12.1 Å². The first-order chi connectivity index (χ1) is 10.5. The van der Waals surface area contributed by atoms with Crippen LogP contribution in [0.5, 0.6) is 5.75 Å². The second-order valence-corrected chi connectivity index (χ2v) is 5.09. The van der Waals surface area contributed by atoms with Crippen molar-refractivity contribution in [2.75, 3.05) is 5.73 Å². The molecule has 0 fully saturated rings. The molecule has 2 N–H and O–H groups in total. The topological polar surface area (TPSA) is 61.5 Å². The summed E-state index contributed by atoms with van der Waals surface area (Å²) in [5.74, 6) is -0.483. The normalized spacial score (nSPS) is 10.5. The zero-order chi connectivity index (χ0) is 16.1. The van der Waals surface area contributed by atoms with Gasteiger partial charge in [0.25, 0.3) is 0 Å². The number of esters is 1. The maximum atomic E-state index is 13.6. The minimum absolute atomic E-state index is 0.0273. The van der Waals surface area contributed by atoms with Crippen LogP contribution in [0.3, 0.4) is 0 Å². The number of nitrogens with two attached hydrogens (primary N) is 1. The highest BCUT2D eigenvalue weighted by molar-refractivity contribution is 5.90. The SMILES string of the molecule is CC(C)OC(=O)c1ccc(N)c(OCc2ccccc2F)c1. The lowest BCUT2D eigenvalue weighted by Gasteiger charge is -2.12. The van der Waals surface area contributed by atoms with Gasteiger partial charge in [-0.1, -0.05) is 18.2 Å². The summed E-state index contributed by atoms with van der Waals surface area (Å²) >= 11 is 0. The minimum Gasteiger partial charge on any atom is -0.487 e. The van der Waals surface area contributed by atoms with E-state index in [2.05, 4.69) is 0 Å². The summed E-state index contributed by atoms with van der Waals surface area (Å²) in [6.07, 6.45) is -0.215. The quantitative estimate of drug-likeness (QED) is 0.678. The van der Waals surface area contributed by atoms with Crippen LogP contribution >= 0.6 is 0 Å². The molecule has 0 heterocycles. The standard InChI is InChI=1S/C17H18FNO3/c1-11(2)22-17(20)12-7-8-15(19)16(9-12)21-10-13-5-3-4-6-14(13)18/h3-9,11H,10,19H2,1-2H3. The summed E-state index contributed by atoms with van der Waals surface area (Å²) in [7, 11) is 0. The van der Waals surface area contributed by atoms with Crippen LogP contribution in [0.2, 0.25) is 0 Å². The lowest BCUT2D eigenvalue weighted by Crippen LogP contribution is -2.12. The number of halogens is 1. The Morgan fingerprint density at radius 1 is 1.23 bits per heavy atom. The molecule has 0 unspecified atom stereocenters. The van der Waals surface area contributed by atoms with E-state index >= 15 is 0 Å². The van der Waals surface area contributed by atoms with E-state index in [4.69, 9.17) is 15.2 Å². The number of carbonyl (C=O) groups is 1. The molecule has 2 aromatic rings. The molecule has 0 saturated heterocycles. The lowest BCUT2D eigenvalue weighted by atomic mass is 10.2. The number of rotatable bonds is 5. The molecule has 0 bridgehead atoms. The Balaban J connectivity index is 2.14. The molecule has 22 heavy (non-hydrogen) atoms. The predicted octanol–water partition coefficient (Wildman–Crippen LogP) is 3.55. The molecule has 0 aromatic heterocycles. The van der Waals surface area contributed by atoms with Gasteiger partial charge in [0, 0.05) is 5.56 Å². The minimum atomic E-state index is -0.453. The number of hydrogen-bond donors (Lipinski definition) is 1. The molecule has 0 aliphatic rings. The van der Waals surface area contributed by atoms with Crippen LogP contribution in [0, 0.1) is 5.82 Å². The van der Waals surface area contributed by atoms with Crippen molar-refractivity contribution < 1.29 is 18.7 Å². The van der Waals surface area contributed by atoms with Crippen LogP contribution in [-0.2, 0) is 11.3 Å². The summed E-state index contributed by atoms with van der Waals surface area (Å²) < 4.78 is 24.2. The maximum Gasteiger partial charge on any atom is 0.338 e. The van der Waals surface area contributed by atoms with Crippen molar-refractivity contribution in [1.82, 2.24) is 0 Å². The average Bonchev–Trinajstić information content (AvgIpc) is 2.47. The van der Waals surface area contributed by atoms with E-state index in [1.54, 1.807) is 44.2 Å². The average molecular weight is 303 g/mol. The van der Waals surface area contributed by atoms with Gasteiger partial charge < -0.3 is 15.2 Å². The fourth-order valence-corrected chi connectivity index (χ4v) is 1.84. The van der Waals surface area contributed by atoms with Crippen LogP contribution in [0.1, 0.15) is 29.8 Å². The van der Waals surface area contributed by atoms with Gasteiger partial charge in [-0.05, 0) is 38.1 Å². The maximum absolute atomic E-state index is 13.6. The summed E-state index contributed by atoms with van der Waals surface area (Å²) in [6.45, 7) is 3.56. The van der Waals surface area contributed by atoms with E-state index in [0.29, 0.717) is 22.6 Å². The molecular weight excluding hydrogens is 285 g/mol. The van der Waals surface area contributed by atoms with Gasteiger partial charge in [0.1, 0.15) is 18.2 Å². The third-order valence-electron chi connectivity index (χ3n) is 2.93. The third kappa shape index (κ3) is 3.97. The monoisotopic (exact) mass is 303 g/mol. The number of anilines is 1. The fourth-order valence-electron chi connectivity index (χ4n) is 1.84. The Morgan fingerprint density at radius 2 is 1.95 bits per heavy atom. The molecule has 0 aliphatic heterocycles. The van der Waals surface area contributed by atoms with Gasteiger partial charge in [0.05, 0.1) is 17.4 Å². The molecule has 4 nitrogen and oxygen atoms in total. The predicted molar refractivity (Wildman–Crippen MR) is 82.1 cm³/mol. The number of hydrogen-bond acceptors (Lipinski definition) is 4. The highest BCUT2D eigenvalue weighted by Crippen LogP contribution is 2.25.